The molecule has 1 heterocycles. The highest BCUT2D eigenvalue weighted by Crippen LogP contribution is 2.33. The molecule has 2 aromatic carbocycles. The van der Waals surface area contributed by atoms with Crippen molar-refractivity contribution in [2.24, 2.45) is 15.7 Å². The molecule has 1 aliphatic heterocycles. The number of aliphatic imine (C=N–C) groups is 2. The van der Waals surface area contributed by atoms with Gasteiger partial charge in [-0.3, -0.25) is 4.99 Å². The van der Waals surface area contributed by atoms with Crippen LogP contribution in [0.15, 0.2) is 52.4 Å². The Morgan fingerprint density at radius 3 is 2.61 bits per heavy atom. The Morgan fingerprint density at radius 2 is 1.94 bits per heavy atom. The largest absolute Gasteiger partial charge is 0.394 e. The van der Waals surface area contributed by atoms with E-state index in [4.69, 9.17) is 22.1 Å². The van der Waals surface area contributed by atoms with E-state index in [2.05, 4.69) is 21.8 Å². The molecule has 0 bridgehead atoms. The summed E-state index contributed by atoms with van der Waals surface area (Å²) in [6, 6.07) is 13.6. The monoisotopic (exact) mass is 469 g/mol. The molecule has 0 unspecified atom stereocenters. The first-order valence-corrected chi connectivity index (χ1v) is 11.4. The molecule has 3 rings (SSSR count). The smallest absolute Gasteiger partial charge is 0.177 e. The van der Waals surface area contributed by atoms with Gasteiger partial charge in [-0.2, -0.15) is 0 Å². The van der Waals surface area contributed by atoms with Crippen LogP contribution in [0.3, 0.4) is 0 Å². The van der Waals surface area contributed by atoms with Gasteiger partial charge in [0.2, 0.25) is 0 Å². The summed E-state index contributed by atoms with van der Waals surface area (Å²) in [6.45, 7) is 3.90. The number of hydrogen-bond donors (Lipinski definition) is 3. The van der Waals surface area contributed by atoms with Crippen molar-refractivity contribution in [1.29, 1.82) is 0 Å². The highest BCUT2D eigenvalue weighted by molar-refractivity contribution is 6.31. The predicted molar refractivity (Wildman–Crippen MR) is 135 cm³/mol. The van der Waals surface area contributed by atoms with Crippen molar-refractivity contribution in [3.8, 4) is 11.8 Å². The van der Waals surface area contributed by atoms with E-state index in [0.29, 0.717) is 24.3 Å². The third-order valence-corrected chi connectivity index (χ3v) is 5.39. The van der Waals surface area contributed by atoms with Crippen LogP contribution in [0.25, 0.3) is 0 Å². The van der Waals surface area contributed by atoms with Crippen LogP contribution in [0.4, 0.5) is 0 Å². The van der Waals surface area contributed by atoms with Gasteiger partial charge >= 0.3 is 0 Å². The van der Waals surface area contributed by atoms with Crippen molar-refractivity contribution in [2.45, 2.75) is 51.4 Å². The summed E-state index contributed by atoms with van der Waals surface area (Å²) in [5.41, 5.74) is 9.52. The summed E-state index contributed by atoms with van der Waals surface area (Å²) in [5, 5.41) is 20.2. The SMILES string of the molecule is CC.CN=CN=C(N)C#Cc1ccc(Cc2cc([C@H]3C[C@@H](O)C[C@@H](CO)O3)ccc2Cl)cc1. The Labute approximate surface area is 201 Å². The fourth-order valence-corrected chi connectivity index (χ4v) is 3.65. The average Bonchev–Trinajstić information content (AvgIpc) is 2.84. The second-order valence-electron chi connectivity index (χ2n) is 7.42. The number of ether oxygens (including phenoxy) is 1. The fourth-order valence-electron chi connectivity index (χ4n) is 3.47. The molecule has 4 N–H and O–H groups in total. The quantitative estimate of drug-likeness (QED) is 0.351. The van der Waals surface area contributed by atoms with Crippen LogP contribution in [0.2, 0.25) is 5.02 Å². The molecule has 0 amide bonds. The standard InChI is InChI=1S/C24H26ClN3O3.C2H6/c1-27-15-28-24(26)9-6-16-2-4-17(5-3-16)10-19-11-18(7-8-22(19)25)23-13-20(30)12-21(14-29)31-23;1-2/h2-5,7-8,11,15,20-21,23,29-30H,10,12-14H2,1H3,(H2,26,27,28);1-2H3/t20-,21-,23+;/m0./s1. The third-order valence-electron chi connectivity index (χ3n) is 5.02. The Balaban J connectivity index is 0.00000187. The summed E-state index contributed by atoms with van der Waals surface area (Å²) in [5.74, 6) is 5.95. The van der Waals surface area contributed by atoms with Gasteiger partial charge in [-0.05, 0) is 47.2 Å². The van der Waals surface area contributed by atoms with Crippen molar-refractivity contribution in [1.82, 2.24) is 0 Å². The van der Waals surface area contributed by atoms with E-state index >= 15 is 0 Å². The first-order valence-electron chi connectivity index (χ1n) is 11.1. The fraction of sp³-hybridized carbons (Fsp3) is 0.385. The van der Waals surface area contributed by atoms with Gasteiger partial charge in [0.25, 0.3) is 0 Å². The molecule has 0 radical (unpaired) electrons. The van der Waals surface area contributed by atoms with Crippen LogP contribution in [0.5, 0.6) is 0 Å². The van der Waals surface area contributed by atoms with E-state index in [-0.39, 0.29) is 24.7 Å². The molecule has 0 aromatic heterocycles. The molecule has 0 saturated carbocycles. The average molecular weight is 470 g/mol. The Bertz CT molecular complexity index is 1010. The summed E-state index contributed by atoms with van der Waals surface area (Å²) in [6.07, 6.45) is 1.85. The van der Waals surface area contributed by atoms with Crippen molar-refractivity contribution in [3.63, 3.8) is 0 Å². The zero-order valence-corrected chi connectivity index (χ0v) is 20.1. The van der Waals surface area contributed by atoms with E-state index in [0.717, 1.165) is 22.3 Å². The van der Waals surface area contributed by atoms with Crippen molar-refractivity contribution < 1.29 is 14.9 Å². The maximum Gasteiger partial charge on any atom is 0.177 e. The van der Waals surface area contributed by atoms with Crippen molar-refractivity contribution in [2.75, 3.05) is 13.7 Å². The van der Waals surface area contributed by atoms with Gasteiger partial charge in [-0.15, -0.1) is 0 Å². The zero-order chi connectivity index (χ0) is 24.2. The van der Waals surface area contributed by atoms with Gasteiger partial charge in [0.05, 0.1) is 24.9 Å². The molecular formula is C26H32ClN3O3. The minimum absolute atomic E-state index is 0.104. The normalized spacial score (nSPS) is 20.5. The number of hydrogen-bond acceptors (Lipinski definition) is 4. The summed E-state index contributed by atoms with van der Waals surface area (Å²) < 4.78 is 5.93. The number of rotatable bonds is 5. The van der Waals surface area contributed by atoms with Gasteiger partial charge in [0.15, 0.2) is 5.84 Å². The van der Waals surface area contributed by atoms with Gasteiger partial charge < -0.3 is 20.7 Å². The van der Waals surface area contributed by atoms with Gasteiger partial charge in [0, 0.05) is 30.5 Å². The molecule has 6 nitrogen and oxygen atoms in total. The maximum absolute atomic E-state index is 10.1. The Morgan fingerprint density at radius 1 is 1.21 bits per heavy atom. The lowest BCUT2D eigenvalue weighted by Crippen LogP contribution is -2.33. The number of halogens is 1. The lowest BCUT2D eigenvalue weighted by Gasteiger charge is -2.32. The minimum atomic E-state index is -0.489. The molecule has 7 heteroatoms. The van der Waals surface area contributed by atoms with E-state index in [1.54, 1.807) is 7.05 Å². The molecule has 1 fully saturated rings. The molecule has 3 atom stereocenters. The number of aliphatic hydroxyl groups excluding tert-OH is 2. The number of benzene rings is 2. The van der Waals surface area contributed by atoms with Crippen molar-refractivity contribution in [3.05, 3.63) is 69.7 Å². The highest BCUT2D eigenvalue weighted by atomic mass is 35.5. The van der Waals surface area contributed by atoms with Crippen LogP contribution < -0.4 is 5.73 Å². The number of aliphatic hydroxyl groups is 2. The lowest BCUT2D eigenvalue weighted by atomic mass is 9.94. The van der Waals surface area contributed by atoms with Crippen LogP contribution in [0.1, 0.15) is 55.0 Å². The summed E-state index contributed by atoms with van der Waals surface area (Å²) >= 11 is 6.44. The zero-order valence-electron chi connectivity index (χ0n) is 19.3. The van der Waals surface area contributed by atoms with E-state index in [1.807, 2.05) is 56.3 Å². The lowest BCUT2D eigenvalue weighted by molar-refractivity contribution is -0.113. The van der Waals surface area contributed by atoms with Gasteiger partial charge in [0.1, 0.15) is 6.34 Å². The van der Waals surface area contributed by atoms with Crippen LogP contribution in [0, 0.1) is 11.8 Å². The molecule has 2 aromatic rings. The van der Waals surface area contributed by atoms with Crippen LogP contribution in [-0.4, -0.2) is 48.2 Å². The number of amidine groups is 1. The van der Waals surface area contributed by atoms with Crippen LogP contribution >= 0.6 is 11.6 Å². The van der Waals surface area contributed by atoms with Crippen LogP contribution in [-0.2, 0) is 11.2 Å². The van der Waals surface area contributed by atoms with Crippen molar-refractivity contribution >= 4 is 23.8 Å². The number of nitrogens with two attached hydrogens (primary N) is 1. The second kappa shape index (κ2) is 13.8. The first-order chi connectivity index (χ1) is 16.0. The molecule has 176 valence electrons. The molecule has 0 spiro atoms. The second-order valence-corrected chi connectivity index (χ2v) is 7.82. The Hall–Kier alpha value is -2.69. The van der Waals surface area contributed by atoms with E-state index < -0.39 is 6.10 Å². The topological polar surface area (TPSA) is 100 Å². The molecule has 1 aliphatic rings. The minimum Gasteiger partial charge on any atom is -0.394 e. The van der Waals surface area contributed by atoms with E-state index in [9.17, 15) is 10.2 Å². The predicted octanol–water partition coefficient (Wildman–Crippen LogP) is 3.90. The Kier molecular flexibility index (Phi) is 11.1. The summed E-state index contributed by atoms with van der Waals surface area (Å²) in [4.78, 5) is 7.61. The maximum atomic E-state index is 10.1. The number of nitrogens with zero attached hydrogens (tertiary/aromatic N) is 2. The third kappa shape index (κ3) is 8.30. The van der Waals surface area contributed by atoms with E-state index in [1.165, 1.54) is 6.34 Å². The molecule has 0 aliphatic carbocycles. The molecule has 33 heavy (non-hydrogen) atoms. The van der Waals surface area contributed by atoms with Gasteiger partial charge in [-0.25, -0.2) is 4.99 Å². The first kappa shape index (κ1) is 26.6. The molecule has 1 saturated heterocycles. The molecular weight excluding hydrogens is 438 g/mol. The summed E-state index contributed by atoms with van der Waals surface area (Å²) in [7, 11) is 1.61. The highest BCUT2D eigenvalue weighted by Gasteiger charge is 2.29. The van der Waals surface area contributed by atoms with Gasteiger partial charge in [-0.1, -0.05) is 55.6 Å².